The zero-order valence-corrected chi connectivity index (χ0v) is 17.4. The molecule has 2 N–H and O–H groups in total. The summed E-state index contributed by atoms with van der Waals surface area (Å²) in [4.78, 5) is 15.7. The van der Waals surface area contributed by atoms with Crippen molar-refractivity contribution in [1.29, 1.82) is 0 Å². The van der Waals surface area contributed by atoms with Gasteiger partial charge in [0.2, 0.25) is 5.91 Å². The van der Waals surface area contributed by atoms with Gasteiger partial charge in [0.15, 0.2) is 0 Å². The van der Waals surface area contributed by atoms with Crippen LogP contribution in [0, 0.1) is 0 Å². The number of rotatable bonds is 8. The molecule has 0 bridgehead atoms. The Kier molecular flexibility index (Phi) is 7.89. The minimum absolute atomic E-state index is 0.109. The second-order valence-electron chi connectivity index (χ2n) is 7.37. The van der Waals surface area contributed by atoms with Gasteiger partial charge in [0.05, 0.1) is 0 Å². The van der Waals surface area contributed by atoms with Crippen molar-refractivity contribution < 1.29 is 14.6 Å². The Hall–Kier alpha value is -2.12. The van der Waals surface area contributed by atoms with Crippen molar-refractivity contribution >= 4 is 23.2 Å². The number of ether oxygens (including phenoxy) is 1. The number of nitrogens with zero attached hydrogens (tertiary/aromatic N) is 2. The van der Waals surface area contributed by atoms with E-state index >= 15 is 0 Å². The molecule has 0 radical (unpaired) electrons. The standard InChI is InChI=1S/C22H28ClN3O3/c1-17(27)24-20-6-8-22(9-7-20)29-16-21(28)15-26-12-10-25(11-13-26)14-18-2-4-19(23)5-3-18/h2-9,21,28H,10-16H2,1H3,(H,24,27)/t21-/m0/s1. The van der Waals surface area contributed by atoms with Crippen LogP contribution in [0.4, 0.5) is 5.69 Å². The van der Waals surface area contributed by atoms with E-state index in [1.54, 1.807) is 24.3 Å². The largest absolute Gasteiger partial charge is 0.491 e. The average molecular weight is 418 g/mol. The summed E-state index contributed by atoms with van der Waals surface area (Å²) in [7, 11) is 0. The van der Waals surface area contributed by atoms with E-state index in [4.69, 9.17) is 16.3 Å². The Bertz CT molecular complexity index is 775. The van der Waals surface area contributed by atoms with Crippen LogP contribution >= 0.6 is 11.6 Å². The lowest BCUT2D eigenvalue weighted by Gasteiger charge is -2.35. The third kappa shape index (κ3) is 7.33. The Morgan fingerprint density at radius 3 is 2.31 bits per heavy atom. The fourth-order valence-corrected chi connectivity index (χ4v) is 3.48. The summed E-state index contributed by atoms with van der Waals surface area (Å²) < 4.78 is 5.67. The van der Waals surface area contributed by atoms with Crippen LogP contribution in [0.2, 0.25) is 5.02 Å². The van der Waals surface area contributed by atoms with E-state index in [2.05, 4.69) is 27.2 Å². The number of nitrogens with one attached hydrogen (secondary N) is 1. The van der Waals surface area contributed by atoms with E-state index in [0.717, 1.165) is 43.4 Å². The number of halogens is 1. The van der Waals surface area contributed by atoms with Crippen molar-refractivity contribution in [2.24, 2.45) is 0 Å². The van der Waals surface area contributed by atoms with Gasteiger partial charge in [-0.05, 0) is 42.0 Å². The Labute approximate surface area is 177 Å². The fourth-order valence-electron chi connectivity index (χ4n) is 3.36. The second kappa shape index (κ2) is 10.6. The highest BCUT2D eigenvalue weighted by molar-refractivity contribution is 6.30. The van der Waals surface area contributed by atoms with E-state index in [0.29, 0.717) is 12.3 Å². The zero-order valence-electron chi connectivity index (χ0n) is 16.7. The summed E-state index contributed by atoms with van der Waals surface area (Å²) in [5.41, 5.74) is 1.99. The Balaban J connectivity index is 1.35. The van der Waals surface area contributed by atoms with Crippen molar-refractivity contribution in [3.05, 3.63) is 59.1 Å². The van der Waals surface area contributed by atoms with E-state index in [1.807, 2.05) is 12.1 Å². The van der Waals surface area contributed by atoms with E-state index in [-0.39, 0.29) is 12.5 Å². The van der Waals surface area contributed by atoms with Gasteiger partial charge in [-0.3, -0.25) is 14.6 Å². The number of aliphatic hydroxyl groups is 1. The predicted molar refractivity (Wildman–Crippen MR) is 115 cm³/mol. The summed E-state index contributed by atoms with van der Waals surface area (Å²) in [5.74, 6) is 0.563. The molecule has 1 amide bonds. The maximum atomic E-state index is 11.0. The minimum atomic E-state index is -0.548. The number of carbonyl (C=O) groups excluding carboxylic acids is 1. The molecular formula is C22H28ClN3O3. The predicted octanol–water partition coefficient (Wildman–Crippen LogP) is 2.86. The van der Waals surface area contributed by atoms with Crippen LogP contribution < -0.4 is 10.1 Å². The lowest BCUT2D eigenvalue weighted by molar-refractivity contribution is -0.114. The number of carbonyl (C=O) groups is 1. The number of hydrogen-bond acceptors (Lipinski definition) is 5. The molecular weight excluding hydrogens is 390 g/mol. The van der Waals surface area contributed by atoms with Crippen LogP contribution in [0.3, 0.4) is 0 Å². The molecule has 1 heterocycles. The minimum Gasteiger partial charge on any atom is -0.491 e. The summed E-state index contributed by atoms with van der Waals surface area (Å²) in [6.45, 7) is 7.03. The van der Waals surface area contributed by atoms with E-state index < -0.39 is 6.10 Å². The number of benzene rings is 2. The van der Waals surface area contributed by atoms with Gasteiger partial charge >= 0.3 is 0 Å². The van der Waals surface area contributed by atoms with Gasteiger partial charge < -0.3 is 15.2 Å². The van der Waals surface area contributed by atoms with Gasteiger partial charge in [0.1, 0.15) is 18.5 Å². The molecule has 0 unspecified atom stereocenters. The van der Waals surface area contributed by atoms with Gasteiger partial charge in [-0.2, -0.15) is 0 Å². The monoisotopic (exact) mass is 417 g/mol. The molecule has 1 atom stereocenters. The van der Waals surface area contributed by atoms with Crippen molar-refractivity contribution in [3.63, 3.8) is 0 Å². The quantitative estimate of drug-likeness (QED) is 0.691. The highest BCUT2D eigenvalue weighted by atomic mass is 35.5. The molecule has 6 nitrogen and oxygen atoms in total. The summed E-state index contributed by atoms with van der Waals surface area (Å²) in [6.07, 6.45) is -0.548. The fraction of sp³-hybridized carbons (Fsp3) is 0.409. The highest BCUT2D eigenvalue weighted by Crippen LogP contribution is 2.16. The van der Waals surface area contributed by atoms with E-state index in [1.165, 1.54) is 12.5 Å². The average Bonchev–Trinajstić information content (AvgIpc) is 2.70. The summed E-state index contributed by atoms with van der Waals surface area (Å²) in [5, 5.41) is 13.8. The molecule has 1 aliphatic rings. The van der Waals surface area contributed by atoms with Crippen LogP contribution in [0.25, 0.3) is 0 Å². The molecule has 0 aliphatic carbocycles. The van der Waals surface area contributed by atoms with Crippen molar-refractivity contribution in [2.75, 3.05) is 44.6 Å². The van der Waals surface area contributed by atoms with Crippen molar-refractivity contribution in [2.45, 2.75) is 19.6 Å². The number of amides is 1. The third-order valence-corrected chi connectivity index (χ3v) is 5.12. The van der Waals surface area contributed by atoms with Crippen LogP contribution in [-0.4, -0.2) is 66.2 Å². The first-order valence-electron chi connectivity index (χ1n) is 9.85. The third-order valence-electron chi connectivity index (χ3n) is 4.87. The van der Waals surface area contributed by atoms with Crippen molar-refractivity contribution in [1.82, 2.24) is 9.80 Å². The van der Waals surface area contributed by atoms with Gasteiger partial charge in [-0.1, -0.05) is 23.7 Å². The van der Waals surface area contributed by atoms with Crippen LogP contribution in [0.15, 0.2) is 48.5 Å². The normalized spacial score (nSPS) is 16.4. The molecule has 0 aromatic heterocycles. The number of anilines is 1. The first-order valence-corrected chi connectivity index (χ1v) is 10.2. The van der Waals surface area contributed by atoms with Gasteiger partial charge in [0.25, 0.3) is 0 Å². The second-order valence-corrected chi connectivity index (χ2v) is 7.81. The van der Waals surface area contributed by atoms with Crippen molar-refractivity contribution in [3.8, 4) is 5.75 Å². The first kappa shape index (κ1) is 21.6. The summed E-state index contributed by atoms with van der Waals surface area (Å²) >= 11 is 5.94. The van der Waals surface area contributed by atoms with Gasteiger partial charge in [-0.25, -0.2) is 0 Å². The smallest absolute Gasteiger partial charge is 0.221 e. The molecule has 0 saturated carbocycles. The zero-order chi connectivity index (χ0) is 20.6. The maximum Gasteiger partial charge on any atom is 0.221 e. The lowest BCUT2D eigenvalue weighted by atomic mass is 10.2. The molecule has 2 aromatic carbocycles. The SMILES string of the molecule is CC(=O)Nc1ccc(OC[C@@H](O)CN2CCN(Cc3ccc(Cl)cc3)CC2)cc1. The van der Waals surface area contributed by atoms with Crippen LogP contribution in [-0.2, 0) is 11.3 Å². The van der Waals surface area contributed by atoms with Gasteiger partial charge in [-0.15, -0.1) is 0 Å². The molecule has 7 heteroatoms. The Morgan fingerprint density at radius 2 is 1.69 bits per heavy atom. The molecule has 1 aliphatic heterocycles. The Morgan fingerprint density at radius 1 is 1.07 bits per heavy atom. The molecule has 29 heavy (non-hydrogen) atoms. The van der Waals surface area contributed by atoms with E-state index in [9.17, 15) is 9.90 Å². The maximum absolute atomic E-state index is 11.0. The van der Waals surface area contributed by atoms with Crippen LogP contribution in [0.5, 0.6) is 5.75 Å². The highest BCUT2D eigenvalue weighted by Gasteiger charge is 2.19. The molecule has 156 valence electrons. The molecule has 2 aromatic rings. The van der Waals surface area contributed by atoms with Gasteiger partial charge in [0, 0.05) is 56.9 Å². The molecule has 1 saturated heterocycles. The molecule has 3 rings (SSSR count). The first-order chi connectivity index (χ1) is 14.0. The lowest BCUT2D eigenvalue weighted by Crippen LogP contribution is -2.48. The van der Waals surface area contributed by atoms with Crippen LogP contribution in [0.1, 0.15) is 12.5 Å². The molecule has 1 fully saturated rings. The summed E-state index contributed by atoms with van der Waals surface area (Å²) in [6, 6.07) is 15.1. The number of aliphatic hydroxyl groups excluding tert-OH is 1. The number of hydrogen-bond donors (Lipinski definition) is 2. The number of piperazine rings is 1. The number of β-amino-alcohol motifs (C(OH)–C–C–N with tert-alkyl or cyclic N) is 1. The topological polar surface area (TPSA) is 65.0 Å². The molecule has 0 spiro atoms.